The Labute approximate surface area is 132 Å². The van der Waals surface area contributed by atoms with Crippen molar-refractivity contribution in [2.45, 2.75) is 58.3 Å². The van der Waals surface area contributed by atoms with Crippen LogP contribution in [0.5, 0.6) is 0 Å². The van der Waals surface area contributed by atoms with Gasteiger partial charge in [-0.1, -0.05) is 11.6 Å². The molecule has 1 amide bonds. The molecule has 0 saturated carbocycles. The van der Waals surface area contributed by atoms with Crippen LogP contribution in [0.3, 0.4) is 0 Å². The average Bonchev–Trinajstić information content (AvgIpc) is 2.74. The summed E-state index contributed by atoms with van der Waals surface area (Å²) in [4.78, 5) is 14.3. The number of nitrogens with zero attached hydrogens (tertiary/aromatic N) is 3. The van der Waals surface area contributed by atoms with Gasteiger partial charge in [0.1, 0.15) is 6.04 Å². The first kappa shape index (κ1) is 17.1. The first-order chi connectivity index (χ1) is 10.1. The normalized spacial score (nSPS) is 21.0. The van der Waals surface area contributed by atoms with Crippen LogP contribution in [-0.2, 0) is 11.0 Å². The number of carbonyl (C=O) groups excluding carboxylic acids is 1. The van der Waals surface area contributed by atoms with Crippen molar-refractivity contribution in [1.29, 1.82) is 0 Å². The molecule has 0 aliphatic carbocycles. The highest BCUT2D eigenvalue weighted by Crippen LogP contribution is 2.36. The Morgan fingerprint density at radius 3 is 2.55 bits per heavy atom. The number of hydrogen-bond acceptors (Lipinski definition) is 2. The molecular weight excluding hydrogens is 319 g/mol. The largest absolute Gasteiger partial charge is 0.436 e. The maximum Gasteiger partial charge on any atom is 0.436 e. The number of piperidine rings is 1. The Morgan fingerprint density at radius 2 is 2.05 bits per heavy atom. The van der Waals surface area contributed by atoms with Crippen molar-refractivity contribution < 1.29 is 18.0 Å². The predicted molar refractivity (Wildman–Crippen MR) is 76.7 cm³/mol. The van der Waals surface area contributed by atoms with E-state index in [0.717, 1.165) is 23.9 Å². The van der Waals surface area contributed by atoms with Crippen molar-refractivity contribution in [2.24, 2.45) is 0 Å². The number of hydrogen-bond donors (Lipinski definition) is 0. The molecular formula is C14H19ClF3N3O. The zero-order chi connectivity index (χ0) is 16.7. The molecule has 22 heavy (non-hydrogen) atoms. The maximum atomic E-state index is 12.9. The minimum Gasteiger partial charge on any atom is -0.338 e. The Kier molecular flexibility index (Phi) is 4.75. The highest BCUT2D eigenvalue weighted by Gasteiger charge is 2.39. The molecule has 1 aromatic heterocycles. The van der Waals surface area contributed by atoms with Gasteiger partial charge in [-0.15, -0.1) is 0 Å². The highest BCUT2D eigenvalue weighted by atomic mass is 35.5. The summed E-state index contributed by atoms with van der Waals surface area (Å²) < 4.78 is 39.7. The second kappa shape index (κ2) is 6.10. The van der Waals surface area contributed by atoms with Gasteiger partial charge in [0, 0.05) is 12.6 Å². The van der Waals surface area contributed by atoms with E-state index in [1.165, 1.54) is 6.92 Å². The number of halogens is 4. The van der Waals surface area contributed by atoms with E-state index in [1.807, 2.05) is 6.92 Å². The second-order valence-electron chi connectivity index (χ2n) is 5.74. The van der Waals surface area contributed by atoms with Gasteiger partial charge in [0.2, 0.25) is 5.91 Å². The molecule has 124 valence electrons. The molecule has 0 aromatic carbocycles. The van der Waals surface area contributed by atoms with E-state index in [0.29, 0.717) is 6.54 Å². The van der Waals surface area contributed by atoms with E-state index in [4.69, 9.17) is 11.6 Å². The number of carbonyl (C=O) groups is 1. The quantitative estimate of drug-likeness (QED) is 0.822. The summed E-state index contributed by atoms with van der Waals surface area (Å²) in [6.07, 6.45) is -1.75. The molecule has 1 saturated heterocycles. The van der Waals surface area contributed by atoms with Crippen molar-refractivity contribution in [3.8, 4) is 0 Å². The fraction of sp³-hybridized carbons (Fsp3) is 0.714. The van der Waals surface area contributed by atoms with Crippen molar-refractivity contribution >= 4 is 17.5 Å². The topological polar surface area (TPSA) is 38.1 Å². The van der Waals surface area contributed by atoms with E-state index in [-0.39, 0.29) is 17.6 Å². The summed E-state index contributed by atoms with van der Waals surface area (Å²) in [5.41, 5.74) is -0.988. The minimum absolute atomic E-state index is 0.0946. The summed E-state index contributed by atoms with van der Waals surface area (Å²) in [5, 5.41) is 3.09. The molecule has 4 nitrogen and oxygen atoms in total. The van der Waals surface area contributed by atoms with Gasteiger partial charge < -0.3 is 4.90 Å². The van der Waals surface area contributed by atoms with Crippen LogP contribution >= 0.6 is 11.6 Å². The lowest BCUT2D eigenvalue weighted by molar-refractivity contribution is -0.143. The van der Waals surface area contributed by atoms with Gasteiger partial charge in [-0.25, -0.2) is 0 Å². The van der Waals surface area contributed by atoms with Crippen LogP contribution in [0.4, 0.5) is 13.2 Å². The van der Waals surface area contributed by atoms with Crippen LogP contribution in [0.15, 0.2) is 0 Å². The first-order valence-corrected chi connectivity index (χ1v) is 7.64. The van der Waals surface area contributed by atoms with Gasteiger partial charge in [-0.05, 0) is 40.0 Å². The molecule has 2 heterocycles. The van der Waals surface area contributed by atoms with Crippen LogP contribution in [0.25, 0.3) is 0 Å². The Bertz CT molecular complexity index is 570. The SMILES string of the molecule is Cc1c(Cl)c(C(F)(F)F)nn1C(C)C(=O)N1CCCCC1C. The zero-order valence-electron chi connectivity index (χ0n) is 12.7. The van der Waals surface area contributed by atoms with Crippen molar-refractivity contribution in [3.05, 3.63) is 16.4 Å². The van der Waals surface area contributed by atoms with Gasteiger partial charge in [0.25, 0.3) is 0 Å². The second-order valence-corrected chi connectivity index (χ2v) is 6.12. The van der Waals surface area contributed by atoms with Crippen molar-refractivity contribution in [1.82, 2.24) is 14.7 Å². The van der Waals surface area contributed by atoms with Crippen LogP contribution in [0.1, 0.15) is 50.5 Å². The van der Waals surface area contributed by atoms with E-state index in [1.54, 1.807) is 11.8 Å². The summed E-state index contributed by atoms with van der Waals surface area (Å²) in [7, 11) is 0. The van der Waals surface area contributed by atoms with Crippen LogP contribution < -0.4 is 0 Å². The third-order valence-corrected chi connectivity index (χ3v) is 4.61. The summed E-state index contributed by atoms with van der Waals surface area (Å²) >= 11 is 5.73. The smallest absolute Gasteiger partial charge is 0.338 e. The van der Waals surface area contributed by atoms with Gasteiger partial charge >= 0.3 is 6.18 Å². The lowest BCUT2D eigenvalue weighted by atomic mass is 10.0. The molecule has 8 heteroatoms. The van der Waals surface area contributed by atoms with Gasteiger partial charge in [-0.3, -0.25) is 9.48 Å². The van der Waals surface area contributed by atoms with Crippen molar-refractivity contribution in [2.75, 3.05) is 6.54 Å². The van der Waals surface area contributed by atoms with E-state index in [9.17, 15) is 18.0 Å². The number of alkyl halides is 3. The van der Waals surface area contributed by atoms with E-state index in [2.05, 4.69) is 5.10 Å². The van der Waals surface area contributed by atoms with E-state index < -0.39 is 22.9 Å². The number of rotatable bonds is 2. The van der Waals surface area contributed by atoms with Crippen molar-refractivity contribution in [3.63, 3.8) is 0 Å². The van der Waals surface area contributed by atoms with Gasteiger partial charge in [0.15, 0.2) is 5.69 Å². The standard InChI is InChI=1S/C14H19ClF3N3O/c1-8-6-4-5-7-20(8)13(22)10(3)21-9(2)11(15)12(19-21)14(16,17)18/h8,10H,4-7H2,1-3H3. The summed E-state index contributed by atoms with van der Waals surface area (Å²) in [6.45, 7) is 5.58. The Morgan fingerprint density at radius 1 is 1.41 bits per heavy atom. The first-order valence-electron chi connectivity index (χ1n) is 7.27. The lowest BCUT2D eigenvalue weighted by Crippen LogP contribution is -2.45. The number of amides is 1. The Hall–Kier alpha value is -1.24. The monoisotopic (exact) mass is 337 g/mol. The third kappa shape index (κ3) is 3.09. The van der Waals surface area contributed by atoms with Crippen LogP contribution in [-0.4, -0.2) is 33.2 Å². The van der Waals surface area contributed by atoms with Gasteiger partial charge in [0.05, 0.1) is 10.7 Å². The number of aromatic nitrogens is 2. The maximum absolute atomic E-state index is 12.9. The molecule has 2 rings (SSSR count). The molecule has 1 aliphatic rings. The number of likely N-dealkylation sites (tertiary alicyclic amines) is 1. The summed E-state index contributed by atoms with van der Waals surface area (Å²) in [6, 6.07) is -0.716. The molecule has 0 bridgehead atoms. The molecule has 1 fully saturated rings. The lowest BCUT2D eigenvalue weighted by Gasteiger charge is -2.35. The summed E-state index contributed by atoms with van der Waals surface area (Å²) in [5.74, 6) is -0.219. The molecule has 1 aliphatic heterocycles. The molecule has 0 radical (unpaired) electrons. The molecule has 0 N–H and O–H groups in total. The van der Waals surface area contributed by atoms with Crippen LogP contribution in [0, 0.1) is 6.92 Å². The predicted octanol–water partition coefficient (Wildman–Crippen LogP) is 3.83. The van der Waals surface area contributed by atoms with Gasteiger partial charge in [-0.2, -0.15) is 18.3 Å². The molecule has 2 unspecified atom stereocenters. The van der Waals surface area contributed by atoms with Crippen LogP contribution in [0.2, 0.25) is 5.02 Å². The average molecular weight is 338 g/mol. The highest BCUT2D eigenvalue weighted by molar-refractivity contribution is 6.32. The molecule has 2 atom stereocenters. The molecule has 0 spiro atoms. The molecule has 1 aromatic rings. The minimum atomic E-state index is -4.63. The third-order valence-electron chi connectivity index (χ3n) is 4.16. The van der Waals surface area contributed by atoms with E-state index >= 15 is 0 Å². The zero-order valence-corrected chi connectivity index (χ0v) is 13.5. The fourth-order valence-corrected chi connectivity index (χ4v) is 3.06. The fourth-order valence-electron chi connectivity index (χ4n) is 2.83. The Balaban J connectivity index is 2.29.